The zero-order chi connectivity index (χ0) is 13.0. The summed E-state index contributed by atoms with van der Waals surface area (Å²) in [6, 6.07) is 0. The number of anilines is 1. The summed E-state index contributed by atoms with van der Waals surface area (Å²) in [5, 5.41) is 4.91. The first kappa shape index (κ1) is 13.2. The molecule has 0 aliphatic rings. The number of aryl methyl sites for hydroxylation is 1. The van der Waals surface area contributed by atoms with Crippen molar-refractivity contribution in [2.45, 2.75) is 33.2 Å². The summed E-state index contributed by atoms with van der Waals surface area (Å²) in [6.07, 6.45) is 5.27. The van der Waals surface area contributed by atoms with E-state index in [1.54, 1.807) is 11.3 Å². The van der Waals surface area contributed by atoms with Gasteiger partial charge in [-0.3, -0.25) is 0 Å². The van der Waals surface area contributed by atoms with Crippen molar-refractivity contribution in [3.05, 3.63) is 33.1 Å². The van der Waals surface area contributed by atoms with Gasteiger partial charge in [-0.2, -0.15) is 0 Å². The van der Waals surface area contributed by atoms with Gasteiger partial charge >= 0.3 is 0 Å². The Bertz CT molecular complexity index is 527. The number of halogens is 1. The lowest BCUT2D eigenvalue weighted by atomic mass is 10.2. The Morgan fingerprint density at radius 2 is 2.17 bits per heavy atom. The van der Waals surface area contributed by atoms with E-state index < -0.39 is 0 Å². The maximum atomic E-state index is 6.09. The molecule has 2 heterocycles. The van der Waals surface area contributed by atoms with Gasteiger partial charge in [0, 0.05) is 16.6 Å². The van der Waals surface area contributed by atoms with Crippen molar-refractivity contribution in [3.8, 4) is 0 Å². The van der Waals surface area contributed by atoms with Crippen molar-refractivity contribution >= 4 is 28.8 Å². The molecular weight excluding hydrogens is 268 g/mol. The molecule has 0 bridgehead atoms. The Hall–Kier alpha value is -1.20. The topological polar surface area (TPSA) is 50.7 Å². The van der Waals surface area contributed by atoms with Crippen molar-refractivity contribution < 1.29 is 0 Å². The van der Waals surface area contributed by atoms with E-state index in [4.69, 9.17) is 11.6 Å². The molecule has 2 aromatic heterocycles. The predicted octanol–water partition coefficient (Wildman–Crippen LogP) is 3.46. The molecule has 4 nitrogen and oxygen atoms in total. The summed E-state index contributed by atoms with van der Waals surface area (Å²) in [5.74, 6) is 0.822. The molecule has 0 spiro atoms. The molecule has 96 valence electrons. The van der Waals surface area contributed by atoms with Crippen LogP contribution < -0.4 is 5.32 Å². The van der Waals surface area contributed by atoms with Crippen molar-refractivity contribution in [1.29, 1.82) is 0 Å². The lowest BCUT2D eigenvalue weighted by molar-refractivity contribution is 0.898. The van der Waals surface area contributed by atoms with Crippen LogP contribution in [0, 0.1) is 6.92 Å². The van der Waals surface area contributed by atoms with Crippen molar-refractivity contribution in [2.75, 3.05) is 5.32 Å². The van der Waals surface area contributed by atoms with Gasteiger partial charge in [-0.15, -0.1) is 11.3 Å². The first-order chi connectivity index (χ1) is 8.70. The summed E-state index contributed by atoms with van der Waals surface area (Å²) in [7, 11) is 0. The second kappa shape index (κ2) is 6.11. The molecule has 0 aliphatic heterocycles. The lowest BCUT2D eigenvalue weighted by Crippen LogP contribution is -2.05. The van der Waals surface area contributed by atoms with Gasteiger partial charge in [0.05, 0.1) is 11.6 Å². The quantitative estimate of drug-likeness (QED) is 0.853. The fourth-order valence-electron chi connectivity index (χ4n) is 1.67. The largest absolute Gasteiger partial charge is 0.365 e. The van der Waals surface area contributed by atoms with Crippen LogP contribution >= 0.6 is 22.9 Å². The zero-order valence-corrected chi connectivity index (χ0v) is 12.0. The lowest BCUT2D eigenvalue weighted by Gasteiger charge is -2.10. The smallest absolute Gasteiger partial charge is 0.137 e. The van der Waals surface area contributed by atoms with E-state index >= 15 is 0 Å². The summed E-state index contributed by atoms with van der Waals surface area (Å²) in [4.78, 5) is 13.7. The fraction of sp³-hybridized carbons (Fsp3) is 0.417. The van der Waals surface area contributed by atoms with Crippen molar-refractivity contribution in [1.82, 2.24) is 15.0 Å². The minimum Gasteiger partial charge on any atom is -0.365 e. The molecule has 0 radical (unpaired) electrons. The molecule has 0 aliphatic carbocycles. The van der Waals surface area contributed by atoms with Crippen LogP contribution in [0.3, 0.4) is 0 Å². The van der Waals surface area contributed by atoms with E-state index in [-0.39, 0.29) is 0 Å². The molecule has 0 saturated heterocycles. The molecule has 0 amide bonds. The first-order valence-corrected chi connectivity index (χ1v) is 7.04. The molecule has 2 rings (SSSR count). The second-order valence-corrected chi connectivity index (χ2v) is 5.62. The van der Waals surface area contributed by atoms with Crippen LogP contribution in [0.5, 0.6) is 0 Å². The summed E-state index contributed by atoms with van der Waals surface area (Å²) >= 11 is 7.77. The normalized spacial score (nSPS) is 10.6. The third-order valence-corrected chi connectivity index (χ3v) is 3.73. The Kier molecular flexibility index (Phi) is 4.49. The summed E-state index contributed by atoms with van der Waals surface area (Å²) in [6.45, 7) is 4.83. The Balaban J connectivity index is 2.11. The number of nitrogens with one attached hydrogen (secondary N) is 1. The highest BCUT2D eigenvalue weighted by Crippen LogP contribution is 2.22. The Morgan fingerprint density at radius 3 is 2.83 bits per heavy atom. The Labute approximate surface area is 115 Å². The minimum absolute atomic E-state index is 0.537. The van der Waals surface area contributed by atoms with Gasteiger partial charge in [-0.05, 0) is 13.3 Å². The van der Waals surface area contributed by atoms with Gasteiger partial charge in [-0.1, -0.05) is 24.9 Å². The number of thiazole rings is 1. The number of hydrogen-bond donors (Lipinski definition) is 1. The van der Waals surface area contributed by atoms with Crippen LogP contribution in [0.4, 0.5) is 5.82 Å². The van der Waals surface area contributed by atoms with E-state index in [1.807, 2.05) is 13.1 Å². The average molecular weight is 283 g/mol. The van der Waals surface area contributed by atoms with Gasteiger partial charge in [0.1, 0.15) is 17.3 Å². The van der Waals surface area contributed by atoms with E-state index in [2.05, 4.69) is 27.2 Å². The standard InChI is InChI=1S/C12H15ClN4S/c1-3-4-10-11(13)16-7-17-12(10)15-6-9-5-14-8(2)18-9/h5,7H,3-4,6H2,1-2H3,(H,15,16,17). The minimum atomic E-state index is 0.537. The molecule has 18 heavy (non-hydrogen) atoms. The van der Waals surface area contributed by atoms with Crippen molar-refractivity contribution in [2.24, 2.45) is 0 Å². The third-order valence-electron chi connectivity index (χ3n) is 2.49. The van der Waals surface area contributed by atoms with Gasteiger partial charge in [0.2, 0.25) is 0 Å². The van der Waals surface area contributed by atoms with Crippen molar-refractivity contribution in [3.63, 3.8) is 0 Å². The van der Waals surface area contributed by atoms with Crippen LogP contribution in [-0.2, 0) is 13.0 Å². The van der Waals surface area contributed by atoms with Crippen LogP contribution in [0.1, 0.15) is 28.8 Å². The predicted molar refractivity (Wildman–Crippen MR) is 75.2 cm³/mol. The third kappa shape index (κ3) is 3.17. The fourth-order valence-corrected chi connectivity index (χ4v) is 2.63. The van der Waals surface area contributed by atoms with Gasteiger partial charge in [-0.25, -0.2) is 15.0 Å². The average Bonchev–Trinajstić information content (AvgIpc) is 2.76. The highest BCUT2D eigenvalue weighted by Gasteiger charge is 2.09. The number of aromatic nitrogens is 3. The number of hydrogen-bond acceptors (Lipinski definition) is 5. The zero-order valence-electron chi connectivity index (χ0n) is 10.4. The molecule has 0 saturated carbocycles. The molecule has 6 heteroatoms. The maximum absolute atomic E-state index is 6.09. The van der Waals surface area contributed by atoms with E-state index in [0.717, 1.165) is 35.8 Å². The SMILES string of the molecule is CCCc1c(Cl)ncnc1NCc1cnc(C)s1. The maximum Gasteiger partial charge on any atom is 0.137 e. The number of rotatable bonds is 5. The molecule has 0 fully saturated rings. The van der Waals surface area contributed by atoms with E-state index in [9.17, 15) is 0 Å². The highest BCUT2D eigenvalue weighted by molar-refractivity contribution is 7.11. The van der Waals surface area contributed by atoms with Crippen LogP contribution in [0.15, 0.2) is 12.5 Å². The van der Waals surface area contributed by atoms with Gasteiger partial charge in [0.25, 0.3) is 0 Å². The number of nitrogens with zero attached hydrogens (tertiary/aromatic N) is 3. The van der Waals surface area contributed by atoms with Crippen LogP contribution in [0.2, 0.25) is 5.15 Å². The molecule has 0 aromatic carbocycles. The molecule has 2 aromatic rings. The molecule has 0 unspecified atom stereocenters. The van der Waals surface area contributed by atoms with E-state index in [0.29, 0.717) is 5.15 Å². The van der Waals surface area contributed by atoms with Crippen LogP contribution in [-0.4, -0.2) is 15.0 Å². The first-order valence-electron chi connectivity index (χ1n) is 5.85. The summed E-state index contributed by atoms with van der Waals surface area (Å²) < 4.78 is 0. The highest BCUT2D eigenvalue weighted by atomic mass is 35.5. The van der Waals surface area contributed by atoms with E-state index in [1.165, 1.54) is 11.2 Å². The van der Waals surface area contributed by atoms with Crippen LogP contribution in [0.25, 0.3) is 0 Å². The molecule has 0 atom stereocenters. The molecular formula is C12H15ClN4S. The second-order valence-electron chi connectivity index (χ2n) is 3.94. The summed E-state index contributed by atoms with van der Waals surface area (Å²) in [5.41, 5.74) is 0.989. The Morgan fingerprint density at radius 1 is 1.33 bits per heavy atom. The van der Waals surface area contributed by atoms with Gasteiger partial charge in [0.15, 0.2) is 0 Å². The monoisotopic (exact) mass is 282 g/mol. The molecule has 1 N–H and O–H groups in total. The van der Waals surface area contributed by atoms with Gasteiger partial charge < -0.3 is 5.32 Å².